The van der Waals surface area contributed by atoms with Crippen LogP contribution in [-0.2, 0) is 48.0 Å². The smallest absolute Gasteiger partial charge is 0.449 e. The fourth-order valence-electron chi connectivity index (χ4n) is 10.5. The molecule has 13 atom stereocenters. The van der Waals surface area contributed by atoms with Gasteiger partial charge in [-0.1, -0.05) is 20.3 Å². The van der Waals surface area contributed by atoms with Crippen molar-refractivity contribution in [3.63, 3.8) is 0 Å². The Morgan fingerprint density at radius 2 is 1.50 bits per heavy atom. The Balaban J connectivity index is 1.05. The van der Waals surface area contributed by atoms with Gasteiger partial charge >= 0.3 is 12.4 Å². The van der Waals surface area contributed by atoms with E-state index in [1.165, 1.54) is 6.92 Å². The lowest BCUT2D eigenvalue weighted by Crippen LogP contribution is -2.79. The lowest BCUT2D eigenvalue weighted by molar-refractivity contribution is -0.584. The number of hydrogen-bond acceptors (Lipinski definition) is 10. The summed E-state index contributed by atoms with van der Waals surface area (Å²) in [4.78, 5) is 36.5. The first-order valence-electron chi connectivity index (χ1n) is 17.6. The molecule has 282 valence electrons. The van der Waals surface area contributed by atoms with Crippen LogP contribution in [0.1, 0.15) is 85.5 Å². The molecular weight excluding hydrogens is 684 g/mol. The summed E-state index contributed by atoms with van der Waals surface area (Å²) in [5.41, 5.74) is -6.24. The summed E-state index contributed by atoms with van der Waals surface area (Å²) in [7, 11) is 0. The molecule has 17 heteroatoms. The Labute approximate surface area is 284 Å². The average molecular weight is 728 g/mol. The summed E-state index contributed by atoms with van der Waals surface area (Å²) in [6.07, 6.45) is -8.64. The number of carbonyl (C=O) groups excluding carboxylic acids is 1. The largest absolute Gasteiger partial charge is 0.456 e. The predicted octanol–water partition coefficient (Wildman–Crippen LogP) is 6.08. The Kier molecular flexibility index (Phi) is 8.04. The SMILES string of the molecule is C[C@@H]1CC[C@H]2[C@@H](C)[C@](NC(=O)COCC3=C(C(F)(F)F)O[C@@H]4O[C@]5(C)CCC6CCC[C@@H]3[C@]64OO5)(C(F)(F)F)O[C@@H]3O[C@]4(C)CCC1[C@]32OO4. The van der Waals surface area contributed by atoms with Gasteiger partial charge in [0, 0.05) is 36.2 Å². The highest BCUT2D eigenvalue weighted by Gasteiger charge is 2.77. The Morgan fingerprint density at radius 3 is 2.20 bits per heavy atom. The van der Waals surface area contributed by atoms with Gasteiger partial charge in [-0.2, -0.15) is 26.3 Å². The highest BCUT2D eigenvalue weighted by atomic mass is 19.4. The van der Waals surface area contributed by atoms with Crippen LogP contribution in [0.25, 0.3) is 0 Å². The van der Waals surface area contributed by atoms with Crippen molar-refractivity contribution in [3.05, 3.63) is 11.3 Å². The third-order valence-electron chi connectivity index (χ3n) is 13.0. The summed E-state index contributed by atoms with van der Waals surface area (Å²) in [5, 5.41) is 2.04. The molecule has 50 heavy (non-hydrogen) atoms. The van der Waals surface area contributed by atoms with E-state index in [-0.39, 0.29) is 29.7 Å². The van der Waals surface area contributed by atoms with Gasteiger partial charge in [0.1, 0.15) is 6.61 Å². The Hall–Kier alpha value is -1.73. The molecule has 11 nitrogen and oxygen atoms in total. The number of carbonyl (C=O) groups is 1. The van der Waals surface area contributed by atoms with Crippen molar-refractivity contribution in [3.8, 4) is 0 Å². The predicted molar refractivity (Wildman–Crippen MR) is 153 cm³/mol. The molecule has 2 unspecified atom stereocenters. The molecule has 9 fully saturated rings. The maximum Gasteiger partial charge on any atom is 0.449 e. The van der Waals surface area contributed by atoms with Gasteiger partial charge < -0.3 is 29.0 Å². The molecule has 0 radical (unpaired) electrons. The molecule has 2 spiro atoms. The molecule has 8 aliphatic heterocycles. The summed E-state index contributed by atoms with van der Waals surface area (Å²) in [6.45, 7) is 4.75. The minimum absolute atomic E-state index is 0.0899. The first kappa shape index (κ1) is 35.3. The minimum Gasteiger partial charge on any atom is -0.456 e. The second kappa shape index (κ2) is 11.4. The number of hydrogen-bond donors (Lipinski definition) is 1. The second-order valence-electron chi connectivity index (χ2n) is 15.9. The van der Waals surface area contributed by atoms with E-state index in [0.717, 1.165) is 0 Å². The molecule has 10 aliphatic rings. The Morgan fingerprint density at radius 1 is 0.820 bits per heavy atom. The van der Waals surface area contributed by atoms with E-state index in [2.05, 4.69) is 0 Å². The normalized spacial score (nSPS) is 49.7. The van der Waals surface area contributed by atoms with Gasteiger partial charge in [-0.05, 0) is 70.1 Å². The molecule has 1 N–H and O–H groups in total. The lowest BCUT2D eigenvalue weighted by Gasteiger charge is -2.63. The monoisotopic (exact) mass is 727 g/mol. The van der Waals surface area contributed by atoms with Crippen LogP contribution in [-0.4, -0.2) is 72.6 Å². The second-order valence-corrected chi connectivity index (χ2v) is 15.9. The summed E-state index contributed by atoms with van der Waals surface area (Å²) >= 11 is 0. The van der Waals surface area contributed by atoms with Crippen molar-refractivity contribution in [2.45, 2.75) is 139 Å². The first-order chi connectivity index (χ1) is 23.4. The number of fused-ring (bicyclic) bond motifs is 4. The number of alkyl halides is 6. The van der Waals surface area contributed by atoms with Crippen LogP contribution >= 0.6 is 0 Å². The van der Waals surface area contributed by atoms with E-state index in [9.17, 15) is 18.0 Å². The summed E-state index contributed by atoms with van der Waals surface area (Å²) < 4.78 is 118. The number of ether oxygens (including phenoxy) is 5. The van der Waals surface area contributed by atoms with Crippen LogP contribution in [0.4, 0.5) is 26.3 Å². The van der Waals surface area contributed by atoms with Gasteiger partial charge in [-0.3, -0.25) is 4.79 Å². The summed E-state index contributed by atoms with van der Waals surface area (Å²) in [5.74, 6) is -8.63. The third kappa shape index (κ3) is 4.96. The molecule has 2 aliphatic carbocycles. The van der Waals surface area contributed by atoms with Crippen molar-refractivity contribution in [2.75, 3.05) is 13.2 Å². The van der Waals surface area contributed by atoms with Gasteiger partial charge in [0.25, 0.3) is 0 Å². The average Bonchev–Trinajstić information content (AvgIpc) is 3.40. The van der Waals surface area contributed by atoms with Gasteiger partial charge in [-0.15, -0.1) is 0 Å². The molecule has 8 heterocycles. The summed E-state index contributed by atoms with van der Waals surface area (Å²) in [6, 6.07) is 0. The lowest BCUT2D eigenvalue weighted by atomic mass is 9.56. The van der Waals surface area contributed by atoms with Crippen molar-refractivity contribution >= 4 is 5.91 Å². The van der Waals surface area contributed by atoms with Crippen LogP contribution in [0.15, 0.2) is 11.3 Å². The zero-order valence-corrected chi connectivity index (χ0v) is 28.2. The van der Waals surface area contributed by atoms with E-state index >= 15 is 13.2 Å². The first-order valence-corrected chi connectivity index (χ1v) is 17.6. The van der Waals surface area contributed by atoms with Crippen LogP contribution in [0.5, 0.6) is 0 Å². The van der Waals surface area contributed by atoms with E-state index < -0.39 is 96.1 Å². The van der Waals surface area contributed by atoms with Gasteiger partial charge in [0.15, 0.2) is 17.5 Å². The number of allylic oxidation sites excluding steroid dienone is 1. The van der Waals surface area contributed by atoms with Crippen molar-refractivity contribution < 1.29 is 74.4 Å². The van der Waals surface area contributed by atoms with Gasteiger partial charge in [0.05, 0.1) is 6.61 Å². The molecular formula is C33H43F6NO10. The number of nitrogens with one attached hydrogen (secondary N) is 1. The van der Waals surface area contributed by atoms with Gasteiger partial charge in [-0.25, -0.2) is 19.6 Å². The fraction of sp³-hybridized carbons (Fsp3) is 0.909. The zero-order valence-electron chi connectivity index (χ0n) is 28.2. The molecule has 7 saturated heterocycles. The minimum atomic E-state index is -5.13. The van der Waals surface area contributed by atoms with Gasteiger partial charge in [0.2, 0.25) is 35.3 Å². The molecule has 0 aromatic heterocycles. The van der Waals surface area contributed by atoms with E-state index in [1.54, 1.807) is 13.8 Å². The Bertz CT molecular complexity index is 1430. The standard InChI is InChI=1S/C33H43F6NO10/c1-16-8-9-21-17(2)31(33(37,38)39,46-26-30(21)20(16)11-13-28(4,45-26)48-50-30)40-23(41)15-42-14-19-22-7-5-6-18-10-12-27(3)44-25(29(18,22)49-47-27)43-24(19)32(34,35)36/h16-18,20-22,25-26H,5-15H2,1-4H3,(H,40,41)/t16-,17-,18?,20?,21+,22+,25-,26+,27+,28+,29-,30-,31-/m1/s1. The highest BCUT2D eigenvalue weighted by Crippen LogP contribution is 2.64. The van der Waals surface area contributed by atoms with Crippen LogP contribution in [0.3, 0.4) is 0 Å². The molecule has 2 saturated carbocycles. The fourth-order valence-corrected chi connectivity index (χ4v) is 10.5. The van der Waals surface area contributed by atoms with Crippen molar-refractivity contribution in [1.29, 1.82) is 0 Å². The molecule has 1 amide bonds. The van der Waals surface area contributed by atoms with Crippen LogP contribution in [0, 0.1) is 35.5 Å². The van der Waals surface area contributed by atoms with E-state index in [4.69, 9.17) is 43.2 Å². The molecule has 0 aromatic carbocycles. The maximum absolute atomic E-state index is 15.2. The molecule has 10 rings (SSSR count). The topological polar surface area (TPSA) is 112 Å². The zero-order chi connectivity index (χ0) is 35.7. The molecule has 4 bridgehead atoms. The van der Waals surface area contributed by atoms with Crippen molar-refractivity contribution in [1.82, 2.24) is 5.32 Å². The van der Waals surface area contributed by atoms with Crippen LogP contribution in [0.2, 0.25) is 0 Å². The van der Waals surface area contributed by atoms with E-state index in [1.807, 2.05) is 12.2 Å². The van der Waals surface area contributed by atoms with E-state index in [0.29, 0.717) is 51.4 Å². The van der Waals surface area contributed by atoms with Crippen molar-refractivity contribution in [2.24, 2.45) is 35.5 Å². The quantitative estimate of drug-likeness (QED) is 0.265. The van der Waals surface area contributed by atoms with Crippen LogP contribution < -0.4 is 5.32 Å². The highest BCUT2D eigenvalue weighted by molar-refractivity contribution is 5.78. The number of halogens is 6. The number of rotatable bonds is 5. The maximum atomic E-state index is 15.2. The third-order valence-corrected chi connectivity index (χ3v) is 13.0. The number of amides is 1. The molecule has 0 aromatic rings.